The second-order valence-corrected chi connectivity index (χ2v) is 11.4. The molecule has 2 aliphatic rings. The van der Waals surface area contributed by atoms with Crippen LogP contribution in [0.15, 0.2) is 35.2 Å². The maximum Gasteiger partial charge on any atom is 0.294 e. The number of fused-ring (bicyclic) bond motifs is 1. The normalized spacial score (nSPS) is 16.3. The van der Waals surface area contributed by atoms with Gasteiger partial charge in [-0.05, 0) is 86.7 Å². The van der Waals surface area contributed by atoms with E-state index in [1.165, 1.54) is 10.4 Å². The van der Waals surface area contributed by atoms with Crippen molar-refractivity contribution in [1.29, 1.82) is 5.26 Å². The first-order valence-electron chi connectivity index (χ1n) is 11.8. The zero-order valence-corrected chi connectivity index (χ0v) is 22.6. The van der Waals surface area contributed by atoms with Crippen LogP contribution < -0.4 is 5.32 Å². The highest BCUT2D eigenvalue weighted by Crippen LogP contribution is 2.39. The number of nitriles is 1. The van der Waals surface area contributed by atoms with E-state index >= 15 is 0 Å². The molecule has 3 amide bonds. The molecule has 7 nitrogen and oxygen atoms in total. The Balaban J connectivity index is 1.39. The van der Waals surface area contributed by atoms with Gasteiger partial charge in [0.25, 0.3) is 11.1 Å². The lowest BCUT2D eigenvalue weighted by molar-refractivity contribution is -0.127. The Labute approximate surface area is 227 Å². The average Bonchev–Trinajstić information content (AvgIpc) is 3.46. The van der Waals surface area contributed by atoms with Crippen molar-refractivity contribution >= 4 is 63.5 Å². The largest absolute Gasteiger partial charge is 0.323 e. The van der Waals surface area contributed by atoms with Gasteiger partial charge in [-0.3, -0.25) is 19.3 Å². The van der Waals surface area contributed by atoms with Crippen molar-refractivity contribution in [3.05, 3.63) is 73.2 Å². The number of thioether (sulfide) groups is 1. The Hall–Kier alpha value is -3.32. The predicted octanol–water partition coefficient (Wildman–Crippen LogP) is 6.23. The fourth-order valence-electron chi connectivity index (χ4n) is 4.74. The van der Waals surface area contributed by atoms with Crippen molar-refractivity contribution < 1.29 is 14.4 Å². The van der Waals surface area contributed by atoms with E-state index in [2.05, 4.69) is 16.0 Å². The number of para-hydroxylation sites is 1. The smallest absolute Gasteiger partial charge is 0.294 e. The summed E-state index contributed by atoms with van der Waals surface area (Å²) in [5, 5.41) is 13.3. The van der Waals surface area contributed by atoms with Gasteiger partial charge in [0.15, 0.2) is 0 Å². The van der Waals surface area contributed by atoms with Gasteiger partial charge in [0.2, 0.25) is 5.91 Å². The molecule has 188 valence electrons. The van der Waals surface area contributed by atoms with Gasteiger partial charge in [-0.1, -0.05) is 23.7 Å². The van der Waals surface area contributed by atoms with E-state index in [1.54, 1.807) is 41.7 Å². The number of thiophene rings is 1. The Kier molecular flexibility index (Phi) is 6.99. The molecule has 1 saturated heterocycles. The summed E-state index contributed by atoms with van der Waals surface area (Å²) >= 11 is 8.56. The number of amides is 3. The maximum atomic E-state index is 13.0. The minimum Gasteiger partial charge on any atom is -0.323 e. The topological polar surface area (TPSA) is 95.2 Å². The van der Waals surface area contributed by atoms with Crippen LogP contribution in [-0.4, -0.2) is 33.1 Å². The standard InChI is InChI=1S/C27H23ClN4O3S2/c1-15-11-17(16(2)32(15)26-19(13-29)18-7-3-6-10-22(18)36-26)12-23-25(34)31(27(35)37-23)14-24(33)30-21-9-5-4-8-20(21)28/h4-5,8-9,11-12H,3,6-7,10,14H2,1-2H3,(H,30,33)/b23-12+. The summed E-state index contributed by atoms with van der Waals surface area (Å²) in [5.41, 5.74) is 4.93. The second kappa shape index (κ2) is 10.2. The van der Waals surface area contributed by atoms with Crippen molar-refractivity contribution in [2.75, 3.05) is 11.9 Å². The Morgan fingerprint density at radius 2 is 1.97 bits per heavy atom. The number of halogens is 1. The lowest BCUT2D eigenvalue weighted by Gasteiger charge is -2.13. The first kappa shape index (κ1) is 25.3. The maximum absolute atomic E-state index is 13.0. The first-order chi connectivity index (χ1) is 17.8. The van der Waals surface area contributed by atoms with Crippen molar-refractivity contribution in [1.82, 2.24) is 9.47 Å². The van der Waals surface area contributed by atoms with Crippen molar-refractivity contribution in [3.63, 3.8) is 0 Å². The number of aromatic nitrogens is 1. The Morgan fingerprint density at radius 3 is 2.73 bits per heavy atom. The zero-order valence-electron chi connectivity index (χ0n) is 20.3. The number of nitrogens with zero attached hydrogens (tertiary/aromatic N) is 3. The summed E-state index contributed by atoms with van der Waals surface area (Å²) in [7, 11) is 0. The number of hydrogen-bond donors (Lipinski definition) is 1. The van der Waals surface area contributed by atoms with E-state index in [-0.39, 0.29) is 4.91 Å². The first-order valence-corrected chi connectivity index (χ1v) is 13.8. The number of anilines is 1. The van der Waals surface area contributed by atoms with Crippen LogP contribution in [0.5, 0.6) is 0 Å². The number of carbonyl (C=O) groups is 3. The zero-order chi connectivity index (χ0) is 26.3. The van der Waals surface area contributed by atoms with Gasteiger partial charge in [-0.25, -0.2) is 0 Å². The monoisotopic (exact) mass is 550 g/mol. The molecule has 1 aliphatic heterocycles. The third-order valence-electron chi connectivity index (χ3n) is 6.55. The van der Waals surface area contributed by atoms with Crippen LogP contribution in [0.2, 0.25) is 5.02 Å². The quantitative estimate of drug-likeness (QED) is 0.380. The van der Waals surface area contributed by atoms with Gasteiger partial charge in [-0.2, -0.15) is 5.26 Å². The van der Waals surface area contributed by atoms with Gasteiger partial charge in [-0.15, -0.1) is 11.3 Å². The minimum absolute atomic E-state index is 0.252. The molecule has 5 rings (SSSR count). The van der Waals surface area contributed by atoms with E-state index in [9.17, 15) is 19.6 Å². The summed E-state index contributed by atoms with van der Waals surface area (Å²) in [6.45, 7) is 3.51. The Morgan fingerprint density at radius 1 is 1.22 bits per heavy atom. The summed E-state index contributed by atoms with van der Waals surface area (Å²) in [6, 6.07) is 11.1. The number of hydrogen-bond acceptors (Lipinski definition) is 6. The van der Waals surface area contributed by atoms with Crippen LogP contribution >= 0.6 is 34.7 Å². The molecule has 1 aromatic carbocycles. The molecule has 1 fully saturated rings. The van der Waals surface area contributed by atoms with Crippen molar-refractivity contribution in [3.8, 4) is 11.1 Å². The van der Waals surface area contributed by atoms with Gasteiger partial charge in [0, 0.05) is 16.3 Å². The number of carbonyl (C=O) groups excluding carboxylic acids is 3. The molecule has 0 atom stereocenters. The predicted molar refractivity (Wildman–Crippen MR) is 147 cm³/mol. The third kappa shape index (κ3) is 4.73. The molecule has 2 aromatic heterocycles. The molecule has 0 bridgehead atoms. The van der Waals surface area contributed by atoms with Crippen LogP contribution in [0.1, 0.15) is 45.8 Å². The van der Waals surface area contributed by atoms with Gasteiger partial charge < -0.3 is 9.88 Å². The number of nitrogens with one attached hydrogen (secondary N) is 1. The van der Waals surface area contributed by atoms with E-state index < -0.39 is 23.6 Å². The molecule has 1 N–H and O–H groups in total. The van der Waals surface area contributed by atoms with Crippen molar-refractivity contribution in [2.24, 2.45) is 0 Å². The minimum atomic E-state index is -0.515. The third-order valence-corrected chi connectivity index (χ3v) is 9.06. The van der Waals surface area contributed by atoms with E-state index in [4.69, 9.17) is 11.6 Å². The fraction of sp³-hybridized carbons (Fsp3) is 0.259. The van der Waals surface area contributed by atoms with Crippen LogP contribution in [-0.2, 0) is 22.4 Å². The molecule has 0 unspecified atom stereocenters. The van der Waals surface area contributed by atoms with Gasteiger partial charge in [0.05, 0.1) is 21.2 Å². The van der Waals surface area contributed by atoms with Gasteiger partial charge >= 0.3 is 0 Å². The molecular weight excluding hydrogens is 528 g/mol. The van der Waals surface area contributed by atoms with Crippen LogP contribution in [0.4, 0.5) is 10.5 Å². The highest BCUT2D eigenvalue weighted by atomic mass is 35.5. The lowest BCUT2D eigenvalue weighted by atomic mass is 9.96. The number of benzene rings is 1. The second-order valence-electron chi connectivity index (χ2n) is 8.96. The highest BCUT2D eigenvalue weighted by Gasteiger charge is 2.36. The molecule has 37 heavy (non-hydrogen) atoms. The summed E-state index contributed by atoms with van der Waals surface area (Å²) in [4.78, 5) is 40.6. The summed E-state index contributed by atoms with van der Waals surface area (Å²) in [5.74, 6) is -1.03. The lowest BCUT2D eigenvalue weighted by Crippen LogP contribution is -2.36. The molecule has 0 spiro atoms. The van der Waals surface area contributed by atoms with Crippen LogP contribution in [0.25, 0.3) is 11.1 Å². The molecule has 3 aromatic rings. The SMILES string of the molecule is Cc1cc(/C=C2/SC(=O)N(CC(=O)Nc3ccccc3Cl)C2=O)c(C)n1-c1sc2c(c1C#N)CCCC2. The fourth-order valence-corrected chi connectivity index (χ4v) is 7.21. The molecule has 0 radical (unpaired) electrons. The van der Waals surface area contributed by atoms with Crippen molar-refractivity contribution in [2.45, 2.75) is 39.5 Å². The molecule has 10 heteroatoms. The average molecular weight is 551 g/mol. The molecule has 3 heterocycles. The van der Waals surface area contributed by atoms with E-state index in [0.717, 1.165) is 69.9 Å². The Bertz CT molecular complexity index is 1530. The van der Waals surface area contributed by atoms with Crippen LogP contribution in [0, 0.1) is 25.2 Å². The van der Waals surface area contributed by atoms with Gasteiger partial charge in [0.1, 0.15) is 17.6 Å². The molecule has 0 saturated carbocycles. The summed E-state index contributed by atoms with van der Waals surface area (Å²) in [6.07, 6.45) is 5.85. The summed E-state index contributed by atoms with van der Waals surface area (Å²) < 4.78 is 2.06. The van der Waals surface area contributed by atoms with E-state index in [0.29, 0.717) is 10.7 Å². The molecular formula is C27H23ClN4O3S2. The highest BCUT2D eigenvalue weighted by molar-refractivity contribution is 8.18. The van der Waals surface area contributed by atoms with Crippen LogP contribution in [0.3, 0.4) is 0 Å². The molecule has 1 aliphatic carbocycles. The van der Waals surface area contributed by atoms with E-state index in [1.807, 2.05) is 19.9 Å². The number of imide groups is 1. The number of rotatable bonds is 5. The number of aryl methyl sites for hydroxylation is 2.